The average molecular weight is 356 g/mol. The molecule has 1 N–H and O–H groups in total. The summed E-state index contributed by atoms with van der Waals surface area (Å²) in [6, 6.07) is 5.21. The third-order valence-electron chi connectivity index (χ3n) is 4.51. The molecule has 26 heavy (non-hydrogen) atoms. The summed E-state index contributed by atoms with van der Waals surface area (Å²) in [7, 11) is 3.12. The fourth-order valence-electron chi connectivity index (χ4n) is 3.10. The SMILES string of the molecule is COc1ccc(OC)c(NC(=O)c2cnc(N3CCCC(C)C3)cn2)c1. The molecule has 1 unspecified atom stereocenters. The molecule has 7 nitrogen and oxygen atoms in total. The highest BCUT2D eigenvalue weighted by Crippen LogP contribution is 2.29. The summed E-state index contributed by atoms with van der Waals surface area (Å²) in [6.07, 6.45) is 5.57. The second-order valence-corrected chi connectivity index (χ2v) is 6.47. The van der Waals surface area contributed by atoms with Crippen LogP contribution in [0.25, 0.3) is 0 Å². The Morgan fingerprint density at radius 3 is 2.73 bits per heavy atom. The molecule has 0 aliphatic carbocycles. The topological polar surface area (TPSA) is 76.6 Å². The van der Waals surface area contributed by atoms with Crippen LogP contribution in [0.5, 0.6) is 11.5 Å². The fourth-order valence-corrected chi connectivity index (χ4v) is 3.10. The van der Waals surface area contributed by atoms with Crippen molar-refractivity contribution in [3.05, 3.63) is 36.3 Å². The molecule has 2 heterocycles. The first kappa shape index (κ1) is 18.0. The van der Waals surface area contributed by atoms with E-state index in [1.807, 2.05) is 0 Å². The van der Waals surface area contributed by atoms with Gasteiger partial charge in [-0.15, -0.1) is 0 Å². The maximum absolute atomic E-state index is 12.5. The van der Waals surface area contributed by atoms with Gasteiger partial charge < -0.3 is 19.7 Å². The molecule has 1 saturated heterocycles. The standard InChI is InChI=1S/C19H24N4O3/c1-13-5-4-8-23(12-13)18-11-20-16(10-21-18)19(24)22-15-9-14(25-2)6-7-17(15)26-3/h6-7,9-11,13H,4-5,8,12H2,1-3H3,(H,22,24). The third kappa shape index (κ3) is 4.04. The van der Waals surface area contributed by atoms with Crippen LogP contribution in [0.4, 0.5) is 11.5 Å². The quantitative estimate of drug-likeness (QED) is 0.887. The number of hydrogen-bond acceptors (Lipinski definition) is 6. The molecular formula is C19H24N4O3. The van der Waals surface area contributed by atoms with E-state index in [4.69, 9.17) is 9.47 Å². The molecule has 0 spiro atoms. The second-order valence-electron chi connectivity index (χ2n) is 6.47. The molecule has 3 rings (SSSR count). The zero-order chi connectivity index (χ0) is 18.5. The highest BCUT2D eigenvalue weighted by atomic mass is 16.5. The van der Waals surface area contributed by atoms with Crippen LogP contribution >= 0.6 is 0 Å². The third-order valence-corrected chi connectivity index (χ3v) is 4.51. The molecule has 1 atom stereocenters. The maximum atomic E-state index is 12.5. The number of aromatic nitrogens is 2. The number of nitrogens with zero attached hydrogens (tertiary/aromatic N) is 3. The number of methoxy groups -OCH3 is 2. The fraction of sp³-hybridized carbons (Fsp3) is 0.421. The Morgan fingerprint density at radius 1 is 1.23 bits per heavy atom. The van der Waals surface area contributed by atoms with Crippen molar-refractivity contribution in [3.63, 3.8) is 0 Å². The van der Waals surface area contributed by atoms with Crippen molar-refractivity contribution >= 4 is 17.4 Å². The summed E-state index contributed by atoms with van der Waals surface area (Å²) >= 11 is 0. The van der Waals surface area contributed by atoms with Crippen LogP contribution in [0.15, 0.2) is 30.6 Å². The van der Waals surface area contributed by atoms with Crippen molar-refractivity contribution in [3.8, 4) is 11.5 Å². The van der Waals surface area contributed by atoms with Gasteiger partial charge in [-0.1, -0.05) is 6.92 Å². The Balaban J connectivity index is 1.72. The van der Waals surface area contributed by atoms with E-state index in [0.717, 1.165) is 25.3 Å². The molecule has 1 aromatic carbocycles. The zero-order valence-corrected chi connectivity index (χ0v) is 15.4. The monoisotopic (exact) mass is 356 g/mol. The number of ether oxygens (including phenoxy) is 2. The summed E-state index contributed by atoms with van der Waals surface area (Å²) in [5.41, 5.74) is 0.774. The molecule has 0 radical (unpaired) electrons. The minimum Gasteiger partial charge on any atom is -0.497 e. The molecule has 7 heteroatoms. The van der Waals surface area contributed by atoms with Crippen LogP contribution in [0.1, 0.15) is 30.3 Å². The smallest absolute Gasteiger partial charge is 0.275 e. The van der Waals surface area contributed by atoms with Gasteiger partial charge in [0.2, 0.25) is 0 Å². The van der Waals surface area contributed by atoms with Crippen molar-refractivity contribution in [1.29, 1.82) is 0 Å². The van der Waals surface area contributed by atoms with Crippen molar-refractivity contribution < 1.29 is 14.3 Å². The first-order valence-electron chi connectivity index (χ1n) is 8.71. The Labute approximate surface area is 153 Å². The first-order chi connectivity index (χ1) is 12.6. The van der Waals surface area contributed by atoms with Gasteiger partial charge in [-0.25, -0.2) is 9.97 Å². The van der Waals surface area contributed by atoms with Crippen molar-refractivity contribution in [2.45, 2.75) is 19.8 Å². The second kappa shape index (κ2) is 8.03. The normalized spacial score (nSPS) is 16.9. The summed E-state index contributed by atoms with van der Waals surface area (Å²) < 4.78 is 10.5. The van der Waals surface area contributed by atoms with E-state index in [9.17, 15) is 4.79 Å². The van der Waals surface area contributed by atoms with E-state index >= 15 is 0 Å². The Morgan fingerprint density at radius 2 is 2.08 bits per heavy atom. The van der Waals surface area contributed by atoms with Gasteiger partial charge in [-0.3, -0.25) is 4.79 Å². The maximum Gasteiger partial charge on any atom is 0.275 e. The molecular weight excluding hydrogens is 332 g/mol. The predicted octanol–water partition coefficient (Wildman–Crippen LogP) is 2.98. The van der Waals surface area contributed by atoms with Crippen LogP contribution in [-0.2, 0) is 0 Å². The molecule has 1 aliphatic heterocycles. The highest BCUT2D eigenvalue weighted by molar-refractivity contribution is 6.03. The van der Waals surface area contributed by atoms with E-state index in [1.165, 1.54) is 12.6 Å². The van der Waals surface area contributed by atoms with Crippen LogP contribution in [0.3, 0.4) is 0 Å². The predicted molar refractivity (Wildman–Crippen MR) is 100 cm³/mol. The molecule has 2 aromatic rings. The lowest BCUT2D eigenvalue weighted by Gasteiger charge is -2.31. The van der Waals surface area contributed by atoms with Gasteiger partial charge in [0.25, 0.3) is 5.91 Å². The van der Waals surface area contributed by atoms with E-state index < -0.39 is 0 Å². The number of rotatable bonds is 5. The molecule has 1 fully saturated rings. The van der Waals surface area contributed by atoms with Crippen molar-refractivity contribution in [2.75, 3.05) is 37.5 Å². The van der Waals surface area contributed by atoms with Gasteiger partial charge in [0.1, 0.15) is 23.0 Å². The Bertz CT molecular complexity index is 764. The van der Waals surface area contributed by atoms with Crippen LogP contribution < -0.4 is 19.7 Å². The lowest BCUT2D eigenvalue weighted by molar-refractivity contribution is 0.102. The van der Waals surface area contributed by atoms with E-state index in [2.05, 4.69) is 27.1 Å². The van der Waals surface area contributed by atoms with Gasteiger partial charge >= 0.3 is 0 Å². The number of carbonyl (C=O) groups is 1. The summed E-state index contributed by atoms with van der Waals surface area (Å²) in [5, 5.41) is 2.80. The van der Waals surface area contributed by atoms with Crippen LogP contribution in [-0.4, -0.2) is 43.2 Å². The molecule has 138 valence electrons. The summed E-state index contributed by atoms with van der Waals surface area (Å²) in [6.45, 7) is 4.19. The number of benzene rings is 1. The van der Waals surface area contributed by atoms with Gasteiger partial charge in [0.05, 0.1) is 32.3 Å². The number of anilines is 2. The average Bonchev–Trinajstić information content (AvgIpc) is 2.68. The van der Waals surface area contributed by atoms with Crippen molar-refractivity contribution in [1.82, 2.24) is 9.97 Å². The molecule has 0 bridgehead atoms. The number of hydrogen-bond donors (Lipinski definition) is 1. The highest BCUT2D eigenvalue weighted by Gasteiger charge is 2.19. The van der Waals surface area contributed by atoms with E-state index in [1.54, 1.807) is 38.6 Å². The minimum absolute atomic E-state index is 0.253. The largest absolute Gasteiger partial charge is 0.497 e. The van der Waals surface area contributed by atoms with Gasteiger partial charge in [-0.05, 0) is 30.9 Å². The number of carbonyl (C=O) groups excluding carboxylic acids is 1. The molecule has 1 amide bonds. The lowest BCUT2D eigenvalue weighted by Crippen LogP contribution is -2.35. The van der Waals surface area contributed by atoms with Crippen LogP contribution in [0.2, 0.25) is 0 Å². The van der Waals surface area contributed by atoms with Crippen LogP contribution in [0, 0.1) is 5.92 Å². The summed E-state index contributed by atoms with van der Waals surface area (Å²) in [5.74, 6) is 2.29. The zero-order valence-electron chi connectivity index (χ0n) is 15.4. The number of nitrogens with one attached hydrogen (secondary N) is 1. The Kier molecular flexibility index (Phi) is 5.55. The van der Waals surface area contributed by atoms with Gasteiger partial charge in [-0.2, -0.15) is 0 Å². The summed E-state index contributed by atoms with van der Waals surface area (Å²) in [4.78, 5) is 23.4. The van der Waals surface area contributed by atoms with E-state index in [0.29, 0.717) is 23.1 Å². The number of piperidine rings is 1. The first-order valence-corrected chi connectivity index (χ1v) is 8.71. The Hall–Kier alpha value is -2.83. The van der Waals surface area contributed by atoms with Crippen molar-refractivity contribution in [2.24, 2.45) is 5.92 Å². The van der Waals surface area contributed by atoms with E-state index in [-0.39, 0.29) is 11.6 Å². The van der Waals surface area contributed by atoms with Gasteiger partial charge in [0, 0.05) is 19.2 Å². The molecule has 1 aliphatic rings. The number of amides is 1. The lowest BCUT2D eigenvalue weighted by atomic mass is 10.0. The van der Waals surface area contributed by atoms with Gasteiger partial charge in [0.15, 0.2) is 0 Å². The molecule has 1 aromatic heterocycles. The molecule has 0 saturated carbocycles. The minimum atomic E-state index is -0.345.